The van der Waals surface area contributed by atoms with E-state index in [9.17, 15) is 4.79 Å². The summed E-state index contributed by atoms with van der Waals surface area (Å²) < 4.78 is 16.0. The molecule has 0 aliphatic rings. The third kappa shape index (κ3) is 5.31. The summed E-state index contributed by atoms with van der Waals surface area (Å²) in [6, 6.07) is 13.3. The fraction of sp³-hybridized carbons (Fsp3) is 0.316. The monoisotopic (exact) mass is 344 g/mol. The number of urea groups is 1. The van der Waals surface area contributed by atoms with Crippen LogP contribution in [0, 0.1) is 0 Å². The Hall–Kier alpha value is -2.89. The van der Waals surface area contributed by atoms with Crippen LogP contribution in [0.15, 0.2) is 42.5 Å². The number of rotatable bonds is 8. The summed E-state index contributed by atoms with van der Waals surface area (Å²) in [6.07, 6.45) is 0.648. The molecule has 0 unspecified atom stereocenters. The van der Waals surface area contributed by atoms with Crippen LogP contribution in [0.25, 0.3) is 0 Å². The van der Waals surface area contributed by atoms with Crippen molar-refractivity contribution in [2.75, 3.05) is 27.9 Å². The maximum Gasteiger partial charge on any atom is 0.315 e. The van der Waals surface area contributed by atoms with Crippen LogP contribution >= 0.6 is 0 Å². The molecule has 0 bridgehead atoms. The molecule has 0 fully saturated rings. The van der Waals surface area contributed by atoms with Gasteiger partial charge in [-0.2, -0.15) is 0 Å². The van der Waals surface area contributed by atoms with Crippen LogP contribution in [0.3, 0.4) is 0 Å². The molecule has 25 heavy (non-hydrogen) atoms. The van der Waals surface area contributed by atoms with Gasteiger partial charge in [-0.3, -0.25) is 0 Å². The van der Waals surface area contributed by atoms with Crippen molar-refractivity contribution in [3.63, 3.8) is 0 Å². The topological polar surface area (TPSA) is 68.8 Å². The third-order valence-electron chi connectivity index (χ3n) is 3.72. The second-order valence-corrected chi connectivity index (χ2v) is 5.38. The van der Waals surface area contributed by atoms with Gasteiger partial charge in [-0.1, -0.05) is 30.3 Å². The van der Waals surface area contributed by atoms with Gasteiger partial charge in [-0.05, 0) is 29.7 Å². The van der Waals surface area contributed by atoms with Crippen LogP contribution in [0.2, 0.25) is 0 Å². The van der Waals surface area contributed by atoms with Crippen LogP contribution in [-0.2, 0) is 13.0 Å². The normalized spacial score (nSPS) is 10.0. The van der Waals surface area contributed by atoms with E-state index in [2.05, 4.69) is 10.6 Å². The zero-order valence-electron chi connectivity index (χ0n) is 14.8. The summed E-state index contributed by atoms with van der Waals surface area (Å²) in [5.74, 6) is 1.76. The van der Waals surface area contributed by atoms with E-state index < -0.39 is 0 Å². The zero-order valence-corrected chi connectivity index (χ0v) is 14.8. The smallest absolute Gasteiger partial charge is 0.315 e. The van der Waals surface area contributed by atoms with Gasteiger partial charge in [0.1, 0.15) is 0 Å². The first-order valence-corrected chi connectivity index (χ1v) is 8.02. The maximum absolute atomic E-state index is 11.9. The molecular weight excluding hydrogens is 320 g/mol. The molecule has 0 saturated heterocycles. The summed E-state index contributed by atoms with van der Waals surface area (Å²) in [7, 11) is 4.73. The summed E-state index contributed by atoms with van der Waals surface area (Å²) >= 11 is 0. The van der Waals surface area contributed by atoms with Gasteiger partial charge < -0.3 is 24.8 Å². The molecule has 0 atom stereocenters. The average Bonchev–Trinajstić information content (AvgIpc) is 2.66. The first-order valence-electron chi connectivity index (χ1n) is 8.02. The summed E-state index contributed by atoms with van der Waals surface area (Å²) in [6.45, 7) is 0.996. The molecular formula is C19H24N2O4. The third-order valence-corrected chi connectivity index (χ3v) is 3.72. The van der Waals surface area contributed by atoms with Gasteiger partial charge in [0.25, 0.3) is 0 Å². The van der Waals surface area contributed by atoms with E-state index in [0.717, 1.165) is 11.1 Å². The maximum atomic E-state index is 11.9. The van der Waals surface area contributed by atoms with E-state index in [1.807, 2.05) is 42.5 Å². The molecule has 2 rings (SSSR count). The van der Waals surface area contributed by atoms with Crippen molar-refractivity contribution in [1.82, 2.24) is 10.6 Å². The van der Waals surface area contributed by atoms with Crippen molar-refractivity contribution in [2.24, 2.45) is 0 Å². The minimum absolute atomic E-state index is 0.198. The minimum atomic E-state index is -0.198. The summed E-state index contributed by atoms with van der Waals surface area (Å²) in [4.78, 5) is 11.9. The predicted octanol–water partition coefficient (Wildman–Crippen LogP) is 2.75. The molecule has 6 nitrogen and oxygen atoms in total. The van der Waals surface area contributed by atoms with Gasteiger partial charge in [0.05, 0.1) is 21.3 Å². The molecule has 2 aromatic carbocycles. The van der Waals surface area contributed by atoms with Crippen molar-refractivity contribution < 1.29 is 19.0 Å². The molecule has 2 amide bonds. The van der Waals surface area contributed by atoms with Crippen LogP contribution in [0.1, 0.15) is 11.1 Å². The molecule has 0 heterocycles. The molecule has 2 aromatic rings. The lowest BCUT2D eigenvalue weighted by Crippen LogP contribution is -2.36. The second kappa shape index (κ2) is 9.42. The van der Waals surface area contributed by atoms with Gasteiger partial charge >= 0.3 is 6.03 Å². The Bertz CT molecular complexity index is 664. The fourth-order valence-electron chi connectivity index (χ4n) is 2.44. The van der Waals surface area contributed by atoms with Crippen molar-refractivity contribution in [2.45, 2.75) is 13.0 Å². The lowest BCUT2D eigenvalue weighted by molar-refractivity contribution is 0.240. The highest BCUT2D eigenvalue weighted by atomic mass is 16.5. The van der Waals surface area contributed by atoms with Crippen LogP contribution in [0.5, 0.6) is 17.2 Å². The lowest BCUT2D eigenvalue weighted by atomic mass is 10.1. The van der Waals surface area contributed by atoms with E-state index in [-0.39, 0.29) is 6.03 Å². The van der Waals surface area contributed by atoms with Gasteiger partial charge in [0, 0.05) is 13.1 Å². The van der Waals surface area contributed by atoms with Gasteiger partial charge in [0.15, 0.2) is 11.5 Å². The number of carbonyl (C=O) groups is 1. The first-order chi connectivity index (χ1) is 12.2. The van der Waals surface area contributed by atoms with E-state index in [1.54, 1.807) is 21.3 Å². The molecule has 0 saturated carbocycles. The Balaban J connectivity index is 1.85. The predicted molar refractivity (Wildman–Crippen MR) is 96.5 cm³/mol. The van der Waals surface area contributed by atoms with Crippen LogP contribution in [0.4, 0.5) is 4.79 Å². The van der Waals surface area contributed by atoms with Gasteiger partial charge in [-0.15, -0.1) is 0 Å². The summed E-state index contributed by atoms with van der Waals surface area (Å²) in [5, 5.41) is 5.67. The number of carbonyl (C=O) groups excluding carboxylic acids is 1. The fourth-order valence-corrected chi connectivity index (χ4v) is 2.44. The van der Waals surface area contributed by atoms with Gasteiger partial charge in [-0.25, -0.2) is 4.79 Å². The van der Waals surface area contributed by atoms with E-state index in [1.165, 1.54) is 0 Å². The van der Waals surface area contributed by atoms with E-state index in [4.69, 9.17) is 14.2 Å². The Morgan fingerprint density at radius 1 is 0.880 bits per heavy atom. The SMILES string of the molecule is COc1cc(CCNC(=O)NCc2ccccc2)cc(OC)c1OC. The second-order valence-electron chi connectivity index (χ2n) is 5.38. The van der Waals surface area contributed by atoms with Crippen LogP contribution < -0.4 is 24.8 Å². The number of amides is 2. The number of benzene rings is 2. The molecule has 0 aliphatic carbocycles. The Kier molecular flexibility index (Phi) is 6.95. The van der Waals surface area contributed by atoms with Crippen molar-refractivity contribution in [3.05, 3.63) is 53.6 Å². The lowest BCUT2D eigenvalue weighted by Gasteiger charge is -2.14. The molecule has 0 aromatic heterocycles. The molecule has 2 N–H and O–H groups in total. The van der Waals surface area contributed by atoms with Crippen molar-refractivity contribution in [1.29, 1.82) is 0 Å². The highest BCUT2D eigenvalue weighted by molar-refractivity contribution is 5.73. The highest BCUT2D eigenvalue weighted by Crippen LogP contribution is 2.38. The molecule has 134 valence electrons. The van der Waals surface area contributed by atoms with Crippen LogP contribution in [-0.4, -0.2) is 33.9 Å². The Morgan fingerprint density at radius 2 is 1.52 bits per heavy atom. The number of ether oxygens (including phenoxy) is 3. The first kappa shape index (κ1) is 18.4. The van der Waals surface area contributed by atoms with Crippen molar-refractivity contribution >= 4 is 6.03 Å². The van der Waals surface area contributed by atoms with E-state index in [0.29, 0.717) is 36.8 Å². The summed E-state index contributed by atoms with van der Waals surface area (Å²) in [5.41, 5.74) is 2.04. The Morgan fingerprint density at radius 3 is 2.08 bits per heavy atom. The largest absolute Gasteiger partial charge is 0.493 e. The molecule has 0 radical (unpaired) electrons. The molecule has 6 heteroatoms. The Labute approximate surface area is 148 Å². The number of methoxy groups -OCH3 is 3. The van der Waals surface area contributed by atoms with Crippen molar-refractivity contribution in [3.8, 4) is 17.2 Å². The number of hydrogen-bond acceptors (Lipinski definition) is 4. The zero-order chi connectivity index (χ0) is 18.1. The minimum Gasteiger partial charge on any atom is -0.493 e. The number of nitrogens with one attached hydrogen (secondary N) is 2. The molecule has 0 aliphatic heterocycles. The average molecular weight is 344 g/mol. The standard InChI is InChI=1S/C19H24N2O4/c1-23-16-11-15(12-17(24-2)18(16)25-3)9-10-20-19(22)21-13-14-7-5-4-6-8-14/h4-8,11-12H,9-10,13H2,1-3H3,(H2,20,21,22). The van der Waals surface area contributed by atoms with Gasteiger partial charge in [0.2, 0.25) is 5.75 Å². The number of hydrogen-bond donors (Lipinski definition) is 2. The molecule has 0 spiro atoms. The quantitative estimate of drug-likeness (QED) is 0.773. The van der Waals surface area contributed by atoms with E-state index >= 15 is 0 Å². The highest BCUT2D eigenvalue weighted by Gasteiger charge is 2.13.